The van der Waals surface area contributed by atoms with Gasteiger partial charge in [0.2, 0.25) is 0 Å². The van der Waals surface area contributed by atoms with Gasteiger partial charge in [-0.15, -0.1) is 0 Å². The number of anilines is 1. The maximum absolute atomic E-state index is 14.2. The van der Waals surface area contributed by atoms with E-state index in [-0.39, 0.29) is 47.4 Å². The molecule has 1 aliphatic carbocycles. The first kappa shape index (κ1) is 19.7. The molecule has 1 aromatic carbocycles. The van der Waals surface area contributed by atoms with Gasteiger partial charge in [-0.3, -0.25) is 10.3 Å². The van der Waals surface area contributed by atoms with Crippen molar-refractivity contribution in [2.24, 2.45) is 5.92 Å². The quantitative estimate of drug-likeness (QED) is 0.647. The van der Waals surface area contributed by atoms with E-state index in [0.29, 0.717) is 11.3 Å². The van der Waals surface area contributed by atoms with E-state index in [1.165, 1.54) is 30.7 Å². The van der Waals surface area contributed by atoms with Crippen LogP contribution in [-0.4, -0.2) is 28.6 Å². The second-order valence-electron chi connectivity index (χ2n) is 7.36. The first-order valence-electron chi connectivity index (χ1n) is 9.71. The van der Waals surface area contributed by atoms with E-state index >= 15 is 0 Å². The van der Waals surface area contributed by atoms with Crippen LogP contribution in [0.2, 0.25) is 0 Å². The largest absolute Gasteiger partial charge is 0.490 e. The number of aromatic nitrogens is 2. The van der Waals surface area contributed by atoms with Crippen LogP contribution in [-0.2, 0) is 0 Å². The van der Waals surface area contributed by atoms with Crippen LogP contribution in [0.25, 0.3) is 0 Å². The minimum absolute atomic E-state index is 0.0821. The number of ether oxygens (including phenoxy) is 2. The van der Waals surface area contributed by atoms with Gasteiger partial charge >= 0.3 is 6.03 Å². The van der Waals surface area contributed by atoms with Gasteiger partial charge < -0.3 is 14.8 Å². The van der Waals surface area contributed by atoms with Gasteiger partial charge in [-0.1, -0.05) is 0 Å². The molecule has 1 aliphatic heterocycles. The Labute approximate surface area is 180 Å². The molecule has 0 spiro atoms. The van der Waals surface area contributed by atoms with Crippen molar-refractivity contribution in [1.29, 1.82) is 5.26 Å². The highest BCUT2D eigenvalue weighted by Crippen LogP contribution is 2.55. The molecular formula is C22H15F2N5O3. The van der Waals surface area contributed by atoms with E-state index in [4.69, 9.17) is 14.7 Å². The standard InChI is InChI=1S/C22H15F2N5O3/c23-14-2-3-15(24)21-19(14)18-13(10-31-21)20(18)29-22(30)28-17-4-1-12(8-27-17)32-16-9-26-6-5-11(16)7-25/h1-6,8-9,13,18,20H,10H2,(H2,27,28,29,30). The summed E-state index contributed by atoms with van der Waals surface area (Å²) in [4.78, 5) is 20.4. The second-order valence-corrected chi connectivity index (χ2v) is 7.36. The van der Waals surface area contributed by atoms with Crippen molar-refractivity contribution in [2.75, 3.05) is 11.9 Å². The Hall–Kier alpha value is -4.26. The van der Waals surface area contributed by atoms with E-state index in [9.17, 15) is 13.6 Å². The monoisotopic (exact) mass is 435 g/mol. The van der Waals surface area contributed by atoms with E-state index in [1.807, 2.05) is 6.07 Å². The number of nitriles is 1. The fourth-order valence-corrected chi connectivity index (χ4v) is 3.86. The van der Waals surface area contributed by atoms with Gasteiger partial charge in [-0.25, -0.2) is 18.6 Å². The van der Waals surface area contributed by atoms with Crippen molar-refractivity contribution in [3.63, 3.8) is 0 Å². The number of hydrogen-bond acceptors (Lipinski definition) is 6. The zero-order valence-electron chi connectivity index (χ0n) is 16.4. The van der Waals surface area contributed by atoms with E-state index in [0.717, 1.165) is 12.1 Å². The number of amides is 2. The first-order chi connectivity index (χ1) is 15.5. The van der Waals surface area contributed by atoms with Crippen LogP contribution >= 0.6 is 0 Å². The number of fused-ring (bicyclic) bond motifs is 3. The number of hydrogen-bond donors (Lipinski definition) is 2. The number of pyridine rings is 2. The Morgan fingerprint density at radius 2 is 2.03 bits per heavy atom. The average Bonchev–Trinajstić information content (AvgIpc) is 3.50. The maximum Gasteiger partial charge on any atom is 0.320 e. The summed E-state index contributed by atoms with van der Waals surface area (Å²) in [5.41, 5.74) is 0.493. The third-order valence-electron chi connectivity index (χ3n) is 5.43. The number of carbonyl (C=O) groups is 1. The third-order valence-corrected chi connectivity index (χ3v) is 5.43. The molecule has 2 aliphatic rings. The van der Waals surface area contributed by atoms with Crippen molar-refractivity contribution in [1.82, 2.24) is 15.3 Å². The van der Waals surface area contributed by atoms with Gasteiger partial charge in [0.05, 0.1) is 24.6 Å². The molecule has 0 bridgehead atoms. The van der Waals surface area contributed by atoms with Crippen molar-refractivity contribution < 1.29 is 23.0 Å². The summed E-state index contributed by atoms with van der Waals surface area (Å²) in [5.74, 6) is -0.793. The van der Waals surface area contributed by atoms with Crippen LogP contribution in [0.4, 0.5) is 19.4 Å². The van der Waals surface area contributed by atoms with Crippen LogP contribution in [0, 0.1) is 28.9 Å². The van der Waals surface area contributed by atoms with E-state index in [1.54, 1.807) is 6.07 Å². The molecule has 0 saturated heterocycles. The molecule has 2 aromatic heterocycles. The lowest BCUT2D eigenvalue weighted by Gasteiger charge is -2.16. The van der Waals surface area contributed by atoms with Gasteiger partial charge in [0, 0.05) is 29.6 Å². The summed E-state index contributed by atoms with van der Waals surface area (Å²) in [5, 5.41) is 14.5. The van der Waals surface area contributed by atoms with Crippen molar-refractivity contribution >= 4 is 11.8 Å². The van der Waals surface area contributed by atoms with Gasteiger partial charge in [-0.05, 0) is 30.3 Å². The fraction of sp³-hybridized carbons (Fsp3) is 0.182. The molecular weight excluding hydrogens is 420 g/mol. The number of benzene rings is 1. The Bertz CT molecular complexity index is 1250. The predicted molar refractivity (Wildman–Crippen MR) is 107 cm³/mol. The topological polar surface area (TPSA) is 109 Å². The number of rotatable bonds is 4. The molecule has 1 saturated carbocycles. The zero-order valence-corrected chi connectivity index (χ0v) is 16.4. The molecule has 1 fully saturated rings. The molecule has 2 amide bonds. The smallest absolute Gasteiger partial charge is 0.320 e. The van der Waals surface area contributed by atoms with Crippen molar-refractivity contribution in [3.8, 4) is 23.3 Å². The molecule has 3 atom stereocenters. The minimum atomic E-state index is -0.616. The number of nitrogens with zero attached hydrogens (tertiary/aromatic N) is 3. The summed E-state index contributed by atoms with van der Waals surface area (Å²) in [6.07, 6.45) is 4.30. The third kappa shape index (κ3) is 3.54. The summed E-state index contributed by atoms with van der Waals surface area (Å²) in [6.45, 7) is 0.201. The molecule has 3 aromatic rings. The van der Waals surface area contributed by atoms with Crippen LogP contribution in [0.15, 0.2) is 48.9 Å². The highest BCUT2D eigenvalue weighted by molar-refractivity contribution is 5.89. The van der Waals surface area contributed by atoms with Crippen LogP contribution < -0.4 is 20.1 Å². The van der Waals surface area contributed by atoms with E-state index in [2.05, 4.69) is 20.6 Å². The lowest BCUT2D eigenvalue weighted by molar-refractivity contribution is 0.247. The number of carbonyl (C=O) groups excluding carboxylic acids is 1. The summed E-state index contributed by atoms with van der Waals surface area (Å²) >= 11 is 0. The van der Waals surface area contributed by atoms with E-state index < -0.39 is 17.7 Å². The molecule has 3 unspecified atom stereocenters. The SMILES string of the molecule is N#Cc1ccncc1Oc1ccc(NC(=O)NC2C3COc4c(F)ccc(F)c4C32)nc1. The van der Waals surface area contributed by atoms with Crippen molar-refractivity contribution in [2.45, 2.75) is 12.0 Å². The van der Waals surface area contributed by atoms with Crippen molar-refractivity contribution in [3.05, 3.63) is 71.7 Å². The van der Waals surface area contributed by atoms with Gasteiger partial charge in [0.1, 0.15) is 23.5 Å². The highest BCUT2D eigenvalue weighted by atomic mass is 19.1. The molecule has 8 nitrogen and oxygen atoms in total. The van der Waals surface area contributed by atoms with Crippen LogP contribution in [0.3, 0.4) is 0 Å². The number of nitrogens with one attached hydrogen (secondary N) is 2. The Balaban J connectivity index is 1.21. The summed E-state index contributed by atoms with van der Waals surface area (Å²) < 4.78 is 39.1. The van der Waals surface area contributed by atoms with Gasteiger partial charge in [-0.2, -0.15) is 5.26 Å². The van der Waals surface area contributed by atoms with Gasteiger partial charge in [0.15, 0.2) is 17.3 Å². The number of urea groups is 1. The molecule has 0 radical (unpaired) electrons. The lowest BCUT2D eigenvalue weighted by Crippen LogP contribution is -2.32. The molecule has 2 N–H and O–H groups in total. The highest BCUT2D eigenvalue weighted by Gasteiger charge is 2.57. The average molecular weight is 435 g/mol. The molecule has 5 rings (SSSR count). The van der Waals surface area contributed by atoms with Crippen LogP contribution in [0.1, 0.15) is 17.0 Å². The lowest BCUT2D eigenvalue weighted by atomic mass is 10.0. The molecule has 3 heterocycles. The normalized spacial score (nSPS) is 20.1. The summed E-state index contributed by atoms with van der Waals surface area (Å²) in [6, 6.07) is 7.85. The second kappa shape index (κ2) is 7.77. The minimum Gasteiger partial charge on any atom is -0.490 e. The number of halogens is 2. The molecule has 160 valence electrons. The fourth-order valence-electron chi connectivity index (χ4n) is 3.86. The zero-order chi connectivity index (χ0) is 22.2. The predicted octanol–water partition coefficient (Wildman–Crippen LogP) is 3.71. The Kier molecular flexibility index (Phi) is 4.78. The Morgan fingerprint density at radius 3 is 2.81 bits per heavy atom. The maximum atomic E-state index is 14.2. The summed E-state index contributed by atoms with van der Waals surface area (Å²) in [7, 11) is 0. The Morgan fingerprint density at radius 1 is 1.19 bits per heavy atom. The van der Waals surface area contributed by atoms with Crippen LogP contribution in [0.5, 0.6) is 17.2 Å². The molecule has 32 heavy (non-hydrogen) atoms. The van der Waals surface area contributed by atoms with Gasteiger partial charge in [0.25, 0.3) is 0 Å². The first-order valence-corrected chi connectivity index (χ1v) is 9.71. The molecule has 10 heteroatoms.